The predicted molar refractivity (Wildman–Crippen MR) is 104 cm³/mol. The summed E-state index contributed by atoms with van der Waals surface area (Å²) < 4.78 is 7.34. The van der Waals surface area contributed by atoms with Gasteiger partial charge in [-0.1, -0.05) is 29.8 Å². The molecule has 0 aliphatic carbocycles. The third-order valence-electron chi connectivity index (χ3n) is 4.38. The first-order chi connectivity index (χ1) is 12.7. The van der Waals surface area contributed by atoms with Gasteiger partial charge in [-0.05, 0) is 42.8 Å². The van der Waals surface area contributed by atoms with Crippen molar-refractivity contribution in [1.29, 1.82) is 0 Å². The minimum absolute atomic E-state index is 0.745. The number of methoxy groups -OCH3 is 1. The molecule has 0 unspecified atom stereocenters. The second-order valence-corrected chi connectivity index (χ2v) is 6.24. The summed E-state index contributed by atoms with van der Waals surface area (Å²) >= 11 is 0. The van der Waals surface area contributed by atoms with Gasteiger partial charge in [-0.15, -0.1) is 0 Å². The average molecular weight is 344 g/mol. The Morgan fingerprint density at radius 1 is 0.962 bits per heavy atom. The summed E-state index contributed by atoms with van der Waals surface area (Å²) in [7, 11) is 1.67. The predicted octanol–water partition coefficient (Wildman–Crippen LogP) is 4.54. The fraction of sp³-hybridized carbons (Fsp3) is 0.143. The number of nitrogens with one attached hydrogen (secondary N) is 1. The topological polar surface area (TPSA) is 52.0 Å². The van der Waals surface area contributed by atoms with Crippen LogP contribution in [-0.4, -0.2) is 21.6 Å². The van der Waals surface area contributed by atoms with Gasteiger partial charge < -0.3 is 14.6 Å². The lowest BCUT2D eigenvalue weighted by Gasteiger charge is -2.09. The van der Waals surface area contributed by atoms with Crippen molar-refractivity contribution in [2.75, 3.05) is 12.4 Å². The molecule has 0 aliphatic rings. The highest BCUT2D eigenvalue weighted by atomic mass is 16.5. The van der Waals surface area contributed by atoms with Gasteiger partial charge in [-0.25, -0.2) is 9.97 Å². The highest BCUT2D eigenvalue weighted by molar-refractivity contribution is 5.89. The first-order valence-corrected chi connectivity index (χ1v) is 8.49. The van der Waals surface area contributed by atoms with Crippen molar-refractivity contribution >= 4 is 22.5 Å². The summed E-state index contributed by atoms with van der Waals surface area (Å²) in [6.07, 6.45) is 3.65. The molecule has 2 aromatic heterocycles. The van der Waals surface area contributed by atoms with E-state index in [1.165, 1.54) is 11.1 Å². The van der Waals surface area contributed by atoms with E-state index in [-0.39, 0.29) is 0 Å². The SMILES string of the molecule is COc1ccc(Cn2ccc3c(Nc4ccc(C)cc4)ncnc32)cc1. The molecule has 0 spiro atoms. The Bertz CT molecular complexity index is 1020. The number of anilines is 2. The average Bonchev–Trinajstić information content (AvgIpc) is 3.08. The van der Waals surface area contributed by atoms with Gasteiger partial charge in [0.05, 0.1) is 12.5 Å². The third kappa shape index (κ3) is 3.24. The van der Waals surface area contributed by atoms with E-state index in [0.29, 0.717) is 0 Å². The molecule has 26 heavy (non-hydrogen) atoms. The summed E-state index contributed by atoms with van der Waals surface area (Å²) in [6.45, 7) is 2.82. The quantitative estimate of drug-likeness (QED) is 0.577. The lowest BCUT2D eigenvalue weighted by molar-refractivity contribution is 0.414. The first kappa shape index (κ1) is 16.1. The number of aryl methyl sites for hydroxylation is 1. The van der Waals surface area contributed by atoms with Crippen LogP contribution in [0.4, 0.5) is 11.5 Å². The first-order valence-electron chi connectivity index (χ1n) is 8.49. The smallest absolute Gasteiger partial charge is 0.145 e. The van der Waals surface area contributed by atoms with E-state index in [1.807, 2.05) is 18.3 Å². The van der Waals surface area contributed by atoms with Crippen LogP contribution in [0.3, 0.4) is 0 Å². The molecule has 2 aromatic carbocycles. The van der Waals surface area contributed by atoms with Crippen LogP contribution in [0.5, 0.6) is 5.75 Å². The molecule has 0 amide bonds. The van der Waals surface area contributed by atoms with E-state index >= 15 is 0 Å². The minimum Gasteiger partial charge on any atom is -0.497 e. The second-order valence-electron chi connectivity index (χ2n) is 6.24. The Hall–Kier alpha value is -3.34. The van der Waals surface area contributed by atoms with E-state index < -0.39 is 0 Å². The van der Waals surface area contributed by atoms with Crippen molar-refractivity contribution in [2.45, 2.75) is 13.5 Å². The third-order valence-corrected chi connectivity index (χ3v) is 4.38. The second kappa shape index (κ2) is 6.88. The zero-order valence-corrected chi connectivity index (χ0v) is 14.8. The molecule has 2 heterocycles. The van der Waals surface area contributed by atoms with Crippen molar-refractivity contribution in [3.8, 4) is 5.75 Å². The Morgan fingerprint density at radius 3 is 2.46 bits per heavy atom. The molecule has 5 nitrogen and oxygen atoms in total. The number of hydrogen-bond donors (Lipinski definition) is 1. The van der Waals surface area contributed by atoms with Gasteiger partial charge in [0, 0.05) is 18.4 Å². The van der Waals surface area contributed by atoms with Crippen LogP contribution < -0.4 is 10.1 Å². The Balaban J connectivity index is 1.62. The maximum absolute atomic E-state index is 5.22. The molecule has 0 aliphatic heterocycles. The molecular weight excluding hydrogens is 324 g/mol. The summed E-state index contributed by atoms with van der Waals surface area (Å²) in [5, 5.41) is 4.39. The van der Waals surface area contributed by atoms with E-state index in [1.54, 1.807) is 13.4 Å². The summed E-state index contributed by atoms with van der Waals surface area (Å²) in [5.41, 5.74) is 4.34. The van der Waals surface area contributed by atoms with Gasteiger partial charge in [0.15, 0.2) is 0 Å². The van der Waals surface area contributed by atoms with Gasteiger partial charge in [0.2, 0.25) is 0 Å². The molecule has 4 aromatic rings. The maximum Gasteiger partial charge on any atom is 0.145 e. The van der Waals surface area contributed by atoms with E-state index in [2.05, 4.69) is 69.2 Å². The molecule has 0 atom stereocenters. The van der Waals surface area contributed by atoms with Crippen LogP contribution in [0.15, 0.2) is 67.1 Å². The van der Waals surface area contributed by atoms with Crippen LogP contribution in [0.2, 0.25) is 0 Å². The minimum atomic E-state index is 0.745. The molecule has 5 heteroatoms. The zero-order chi connectivity index (χ0) is 17.9. The Morgan fingerprint density at radius 2 is 1.73 bits per heavy atom. The number of nitrogens with zero attached hydrogens (tertiary/aromatic N) is 3. The van der Waals surface area contributed by atoms with Gasteiger partial charge in [0.1, 0.15) is 23.5 Å². The fourth-order valence-electron chi connectivity index (χ4n) is 2.93. The molecule has 0 fully saturated rings. The highest BCUT2D eigenvalue weighted by Gasteiger charge is 2.09. The molecule has 0 saturated carbocycles. The summed E-state index contributed by atoms with van der Waals surface area (Å²) in [6, 6.07) is 18.4. The summed E-state index contributed by atoms with van der Waals surface area (Å²) in [4.78, 5) is 8.89. The molecule has 4 rings (SSSR count). The molecule has 130 valence electrons. The van der Waals surface area contributed by atoms with Crippen molar-refractivity contribution < 1.29 is 4.74 Å². The maximum atomic E-state index is 5.22. The van der Waals surface area contributed by atoms with Crippen molar-refractivity contribution in [2.24, 2.45) is 0 Å². The molecular formula is C21H20N4O. The van der Waals surface area contributed by atoms with Crippen LogP contribution in [0, 0.1) is 6.92 Å². The Kier molecular flexibility index (Phi) is 4.27. The van der Waals surface area contributed by atoms with Gasteiger partial charge in [-0.3, -0.25) is 0 Å². The van der Waals surface area contributed by atoms with Gasteiger partial charge in [0.25, 0.3) is 0 Å². The molecule has 1 N–H and O–H groups in total. The molecule has 0 saturated heterocycles. The van der Waals surface area contributed by atoms with Crippen LogP contribution in [-0.2, 0) is 6.54 Å². The van der Waals surface area contributed by atoms with Crippen molar-refractivity contribution in [3.63, 3.8) is 0 Å². The number of fused-ring (bicyclic) bond motifs is 1. The largest absolute Gasteiger partial charge is 0.497 e. The number of aromatic nitrogens is 3. The molecule has 0 radical (unpaired) electrons. The Labute approximate surface area is 152 Å². The summed E-state index contributed by atoms with van der Waals surface area (Å²) in [5.74, 6) is 1.67. The van der Waals surface area contributed by atoms with Crippen LogP contribution in [0.25, 0.3) is 11.0 Å². The lowest BCUT2D eigenvalue weighted by Crippen LogP contribution is -2.01. The number of hydrogen-bond acceptors (Lipinski definition) is 4. The van der Waals surface area contributed by atoms with Gasteiger partial charge in [-0.2, -0.15) is 0 Å². The number of benzene rings is 2. The van der Waals surface area contributed by atoms with Crippen molar-refractivity contribution in [3.05, 3.63) is 78.2 Å². The monoisotopic (exact) mass is 344 g/mol. The standard InChI is InChI=1S/C21H20N4O/c1-15-3-7-17(8-4-15)24-20-19-11-12-25(21(19)23-14-22-20)13-16-5-9-18(26-2)10-6-16/h3-12,14H,13H2,1-2H3,(H,22,23,24). The fourth-order valence-corrected chi connectivity index (χ4v) is 2.93. The lowest BCUT2D eigenvalue weighted by atomic mass is 10.2. The highest BCUT2D eigenvalue weighted by Crippen LogP contribution is 2.25. The van der Waals surface area contributed by atoms with E-state index in [0.717, 1.165) is 34.8 Å². The zero-order valence-electron chi connectivity index (χ0n) is 14.8. The molecule has 0 bridgehead atoms. The number of rotatable bonds is 5. The number of ether oxygens (including phenoxy) is 1. The van der Waals surface area contributed by atoms with E-state index in [4.69, 9.17) is 4.74 Å². The van der Waals surface area contributed by atoms with Crippen LogP contribution >= 0.6 is 0 Å². The van der Waals surface area contributed by atoms with Gasteiger partial charge >= 0.3 is 0 Å². The van der Waals surface area contributed by atoms with Crippen LogP contribution in [0.1, 0.15) is 11.1 Å². The van der Waals surface area contributed by atoms with E-state index in [9.17, 15) is 0 Å². The van der Waals surface area contributed by atoms with Crippen molar-refractivity contribution in [1.82, 2.24) is 14.5 Å². The normalized spacial score (nSPS) is 10.8.